The molecule has 0 spiro atoms. The molecule has 0 radical (unpaired) electrons. The van der Waals surface area contributed by atoms with E-state index < -0.39 is 12.0 Å². The summed E-state index contributed by atoms with van der Waals surface area (Å²) < 4.78 is 0. The normalized spacial score (nSPS) is 24.1. The number of hydrogen-bond donors (Lipinski definition) is 2. The van der Waals surface area contributed by atoms with Gasteiger partial charge < -0.3 is 10.4 Å². The smallest absolute Gasteiger partial charge is 0.326 e. The van der Waals surface area contributed by atoms with E-state index in [4.69, 9.17) is 0 Å². The van der Waals surface area contributed by atoms with Gasteiger partial charge in [0.1, 0.15) is 6.04 Å². The maximum absolute atomic E-state index is 11.4. The van der Waals surface area contributed by atoms with Crippen molar-refractivity contribution in [2.75, 3.05) is 0 Å². The molecule has 1 aliphatic heterocycles. The lowest BCUT2D eigenvalue weighted by Crippen LogP contribution is -2.44. The first-order valence-corrected chi connectivity index (χ1v) is 6.23. The summed E-state index contributed by atoms with van der Waals surface area (Å²) in [6.45, 7) is 0. The van der Waals surface area contributed by atoms with Gasteiger partial charge in [0.15, 0.2) is 0 Å². The summed E-state index contributed by atoms with van der Waals surface area (Å²) in [7, 11) is 0. The van der Waals surface area contributed by atoms with Crippen LogP contribution in [-0.2, 0) is 16.0 Å². The maximum atomic E-state index is 11.4. The molecule has 1 aliphatic rings. The molecule has 2 rings (SSSR count). The van der Waals surface area contributed by atoms with Crippen molar-refractivity contribution in [3.63, 3.8) is 0 Å². The average molecular weight is 247 g/mol. The van der Waals surface area contributed by atoms with Crippen molar-refractivity contribution < 1.29 is 14.7 Å². The molecule has 1 amide bonds. The van der Waals surface area contributed by atoms with Crippen molar-refractivity contribution >= 4 is 11.9 Å². The SMILES string of the molecule is O=C1CCCC(Cc2ccccc2)C(C(=O)O)N1. The topological polar surface area (TPSA) is 66.4 Å². The lowest BCUT2D eigenvalue weighted by molar-refractivity contribution is -0.143. The number of rotatable bonds is 3. The van der Waals surface area contributed by atoms with E-state index in [1.54, 1.807) is 0 Å². The third-order valence-electron chi connectivity index (χ3n) is 3.37. The van der Waals surface area contributed by atoms with Crippen molar-refractivity contribution in [2.24, 2.45) is 5.92 Å². The Morgan fingerprint density at radius 1 is 1.33 bits per heavy atom. The molecule has 1 saturated heterocycles. The monoisotopic (exact) mass is 247 g/mol. The van der Waals surface area contributed by atoms with Gasteiger partial charge in [0.25, 0.3) is 0 Å². The molecule has 0 aliphatic carbocycles. The first-order chi connectivity index (χ1) is 8.66. The third-order valence-corrected chi connectivity index (χ3v) is 3.37. The fraction of sp³-hybridized carbons (Fsp3) is 0.429. The number of amides is 1. The van der Waals surface area contributed by atoms with Gasteiger partial charge in [-0.05, 0) is 30.7 Å². The average Bonchev–Trinajstić information content (AvgIpc) is 2.53. The van der Waals surface area contributed by atoms with Crippen LogP contribution < -0.4 is 5.32 Å². The van der Waals surface area contributed by atoms with E-state index in [1.807, 2.05) is 30.3 Å². The molecule has 0 bridgehead atoms. The summed E-state index contributed by atoms with van der Waals surface area (Å²) in [6.07, 6.45) is 2.64. The van der Waals surface area contributed by atoms with Crippen molar-refractivity contribution in [1.82, 2.24) is 5.32 Å². The van der Waals surface area contributed by atoms with Crippen LogP contribution in [0.5, 0.6) is 0 Å². The highest BCUT2D eigenvalue weighted by Gasteiger charge is 2.31. The van der Waals surface area contributed by atoms with Crippen LogP contribution in [0.3, 0.4) is 0 Å². The van der Waals surface area contributed by atoms with E-state index in [0.717, 1.165) is 18.4 Å². The highest BCUT2D eigenvalue weighted by atomic mass is 16.4. The van der Waals surface area contributed by atoms with Crippen molar-refractivity contribution in [3.05, 3.63) is 35.9 Å². The quantitative estimate of drug-likeness (QED) is 0.852. The summed E-state index contributed by atoms with van der Waals surface area (Å²) in [5.74, 6) is -1.12. The number of carboxylic acids is 1. The molecule has 2 N–H and O–H groups in total. The molecule has 96 valence electrons. The van der Waals surface area contributed by atoms with Crippen LogP contribution in [0.15, 0.2) is 30.3 Å². The highest BCUT2D eigenvalue weighted by molar-refractivity contribution is 5.84. The van der Waals surface area contributed by atoms with Gasteiger partial charge in [-0.3, -0.25) is 4.79 Å². The fourth-order valence-corrected chi connectivity index (χ4v) is 2.46. The van der Waals surface area contributed by atoms with Crippen LogP contribution in [0.25, 0.3) is 0 Å². The predicted octanol–water partition coefficient (Wildman–Crippen LogP) is 1.60. The highest BCUT2D eigenvalue weighted by Crippen LogP contribution is 2.22. The third kappa shape index (κ3) is 3.09. The van der Waals surface area contributed by atoms with E-state index in [-0.39, 0.29) is 11.8 Å². The number of hydrogen-bond acceptors (Lipinski definition) is 2. The second-order valence-electron chi connectivity index (χ2n) is 4.73. The Morgan fingerprint density at radius 3 is 2.72 bits per heavy atom. The summed E-state index contributed by atoms with van der Waals surface area (Å²) in [5, 5.41) is 11.8. The Morgan fingerprint density at radius 2 is 2.06 bits per heavy atom. The molecular weight excluding hydrogens is 230 g/mol. The second kappa shape index (κ2) is 5.67. The molecule has 0 saturated carbocycles. The number of benzene rings is 1. The summed E-state index contributed by atoms with van der Waals surface area (Å²) in [5.41, 5.74) is 1.12. The van der Waals surface area contributed by atoms with Gasteiger partial charge in [-0.2, -0.15) is 0 Å². The van der Waals surface area contributed by atoms with E-state index >= 15 is 0 Å². The van der Waals surface area contributed by atoms with Crippen molar-refractivity contribution in [1.29, 1.82) is 0 Å². The van der Waals surface area contributed by atoms with Gasteiger partial charge in [0.05, 0.1) is 0 Å². The Hall–Kier alpha value is -1.84. The van der Waals surface area contributed by atoms with Crippen LogP contribution >= 0.6 is 0 Å². The second-order valence-corrected chi connectivity index (χ2v) is 4.73. The van der Waals surface area contributed by atoms with Crippen LogP contribution in [0.1, 0.15) is 24.8 Å². The number of carbonyl (C=O) groups is 2. The Kier molecular flexibility index (Phi) is 3.97. The fourth-order valence-electron chi connectivity index (χ4n) is 2.46. The molecule has 1 aromatic rings. The Labute approximate surface area is 106 Å². The molecular formula is C14H17NO3. The maximum Gasteiger partial charge on any atom is 0.326 e. The van der Waals surface area contributed by atoms with Gasteiger partial charge in [-0.15, -0.1) is 0 Å². The summed E-state index contributed by atoms with van der Waals surface area (Å²) >= 11 is 0. The molecule has 4 nitrogen and oxygen atoms in total. The molecule has 2 unspecified atom stereocenters. The van der Waals surface area contributed by atoms with Crippen LogP contribution in [0.2, 0.25) is 0 Å². The zero-order chi connectivity index (χ0) is 13.0. The number of nitrogens with one attached hydrogen (secondary N) is 1. The summed E-state index contributed by atoms with van der Waals surface area (Å²) in [4.78, 5) is 22.7. The predicted molar refractivity (Wildman–Crippen MR) is 67.1 cm³/mol. The zero-order valence-electron chi connectivity index (χ0n) is 10.1. The molecule has 0 aromatic heterocycles. The van der Waals surface area contributed by atoms with E-state index in [9.17, 15) is 14.7 Å². The first kappa shape index (κ1) is 12.6. The van der Waals surface area contributed by atoms with Crippen LogP contribution in [-0.4, -0.2) is 23.0 Å². The van der Waals surface area contributed by atoms with Gasteiger partial charge >= 0.3 is 5.97 Å². The molecule has 1 fully saturated rings. The van der Waals surface area contributed by atoms with E-state index in [0.29, 0.717) is 12.8 Å². The minimum absolute atomic E-state index is 0.0312. The lowest BCUT2D eigenvalue weighted by Gasteiger charge is -2.22. The number of carboxylic acid groups (broad SMARTS) is 1. The molecule has 1 heterocycles. The van der Waals surface area contributed by atoms with E-state index in [2.05, 4.69) is 5.32 Å². The van der Waals surface area contributed by atoms with Crippen molar-refractivity contribution in [3.8, 4) is 0 Å². The Balaban J connectivity index is 2.12. The van der Waals surface area contributed by atoms with Gasteiger partial charge in [0.2, 0.25) is 5.91 Å². The van der Waals surface area contributed by atoms with Crippen LogP contribution in [0, 0.1) is 5.92 Å². The zero-order valence-corrected chi connectivity index (χ0v) is 10.1. The van der Waals surface area contributed by atoms with E-state index in [1.165, 1.54) is 0 Å². The summed E-state index contributed by atoms with van der Waals surface area (Å²) in [6, 6.07) is 9.05. The minimum atomic E-state index is -0.939. The van der Waals surface area contributed by atoms with Crippen molar-refractivity contribution in [2.45, 2.75) is 31.7 Å². The molecule has 2 atom stereocenters. The van der Waals surface area contributed by atoms with Crippen LogP contribution in [0.4, 0.5) is 0 Å². The molecule has 18 heavy (non-hydrogen) atoms. The number of carbonyl (C=O) groups excluding carboxylic acids is 1. The standard InChI is InChI=1S/C14H17NO3/c16-12-8-4-7-11(13(15-12)14(17)18)9-10-5-2-1-3-6-10/h1-3,5-6,11,13H,4,7-9H2,(H,15,16)(H,17,18). The first-order valence-electron chi connectivity index (χ1n) is 6.23. The molecule has 4 heteroatoms. The van der Waals surface area contributed by atoms with Gasteiger partial charge in [-0.1, -0.05) is 30.3 Å². The Bertz CT molecular complexity index is 430. The number of aliphatic carboxylic acids is 1. The molecule has 1 aromatic carbocycles. The minimum Gasteiger partial charge on any atom is -0.480 e. The lowest BCUT2D eigenvalue weighted by atomic mass is 9.89. The van der Waals surface area contributed by atoms with Gasteiger partial charge in [0, 0.05) is 6.42 Å². The largest absolute Gasteiger partial charge is 0.480 e. The van der Waals surface area contributed by atoms with Gasteiger partial charge in [-0.25, -0.2) is 4.79 Å².